The van der Waals surface area contributed by atoms with Gasteiger partial charge in [-0.3, -0.25) is 4.68 Å². The van der Waals surface area contributed by atoms with Crippen molar-refractivity contribution in [2.24, 2.45) is 7.05 Å². The largest absolute Gasteiger partial charge is 0.398 e. The Kier molecular flexibility index (Phi) is 1.72. The third-order valence-corrected chi connectivity index (χ3v) is 2.39. The van der Waals surface area contributed by atoms with E-state index in [0.717, 1.165) is 23.0 Å². The lowest BCUT2D eigenvalue weighted by molar-refractivity contribution is 0.797. The second kappa shape index (κ2) is 2.76. The first kappa shape index (κ1) is 8.10. The Bertz CT molecular complexity index is 443. The lowest BCUT2D eigenvalue weighted by Crippen LogP contribution is -1.94. The van der Waals surface area contributed by atoms with Crippen molar-refractivity contribution >= 4 is 16.6 Å². The first-order chi connectivity index (χ1) is 6.22. The van der Waals surface area contributed by atoms with Crippen molar-refractivity contribution in [3.63, 3.8) is 0 Å². The summed E-state index contributed by atoms with van der Waals surface area (Å²) in [6.45, 7) is 2.11. The second-order valence-corrected chi connectivity index (χ2v) is 3.23. The monoisotopic (exact) mass is 175 g/mol. The molecular formula is C10H13N3. The molecule has 3 nitrogen and oxygen atoms in total. The molecule has 0 saturated heterocycles. The highest BCUT2D eigenvalue weighted by Crippen LogP contribution is 2.21. The van der Waals surface area contributed by atoms with Crippen LogP contribution in [-0.4, -0.2) is 9.78 Å². The number of nitrogen functional groups attached to an aromatic ring is 1. The van der Waals surface area contributed by atoms with Gasteiger partial charge in [-0.1, -0.05) is 6.92 Å². The number of fused-ring (bicyclic) bond motifs is 1. The van der Waals surface area contributed by atoms with E-state index in [0.29, 0.717) is 0 Å². The molecule has 13 heavy (non-hydrogen) atoms. The first-order valence-electron chi connectivity index (χ1n) is 4.42. The van der Waals surface area contributed by atoms with Crippen LogP contribution >= 0.6 is 0 Å². The molecule has 68 valence electrons. The number of hydrogen-bond donors (Lipinski definition) is 1. The SMILES string of the molecule is CCc1cc2cnn(C)c2cc1N. The smallest absolute Gasteiger partial charge is 0.0699 e. The van der Waals surface area contributed by atoms with Gasteiger partial charge in [0, 0.05) is 18.1 Å². The molecule has 0 aliphatic heterocycles. The van der Waals surface area contributed by atoms with Crippen LogP contribution in [0.2, 0.25) is 0 Å². The Hall–Kier alpha value is -1.51. The second-order valence-electron chi connectivity index (χ2n) is 3.23. The van der Waals surface area contributed by atoms with Crippen LogP contribution < -0.4 is 5.73 Å². The van der Waals surface area contributed by atoms with E-state index in [-0.39, 0.29) is 0 Å². The number of benzene rings is 1. The van der Waals surface area contributed by atoms with Gasteiger partial charge in [-0.2, -0.15) is 5.10 Å². The minimum absolute atomic E-state index is 0.860. The van der Waals surface area contributed by atoms with Crippen LogP contribution in [0.3, 0.4) is 0 Å². The van der Waals surface area contributed by atoms with Gasteiger partial charge in [0.1, 0.15) is 0 Å². The molecule has 1 aromatic heterocycles. The maximum Gasteiger partial charge on any atom is 0.0699 e. The number of aryl methyl sites for hydroxylation is 2. The van der Waals surface area contributed by atoms with Crippen molar-refractivity contribution in [3.8, 4) is 0 Å². The summed E-state index contributed by atoms with van der Waals surface area (Å²) >= 11 is 0. The van der Waals surface area contributed by atoms with Crippen molar-refractivity contribution in [1.29, 1.82) is 0 Å². The standard InChI is InChI=1S/C10H13N3/c1-3-7-4-8-6-12-13(2)10(8)5-9(7)11/h4-6H,3,11H2,1-2H3. The summed E-state index contributed by atoms with van der Waals surface area (Å²) in [5.74, 6) is 0. The predicted molar refractivity (Wildman–Crippen MR) is 54.5 cm³/mol. The molecule has 0 spiro atoms. The summed E-state index contributed by atoms with van der Waals surface area (Å²) in [6.07, 6.45) is 2.84. The summed E-state index contributed by atoms with van der Waals surface area (Å²) in [6, 6.07) is 4.10. The summed E-state index contributed by atoms with van der Waals surface area (Å²) in [7, 11) is 1.92. The Morgan fingerprint density at radius 2 is 2.23 bits per heavy atom. The zero-order chi connectivity index (χ0) is 9.42. The van der Waals surface area contributed by atoms with E-state index in [1.165, 1.54) is 5.56 Å². The van der Waals surface area contributed by atoms with Gasteiger partial charge in [0.15, 0.2) is 0 Å². The van der Waals surface area contributed by atoms with Crippen LogP contribution in [0.5, 0.6) is 0 Å². The van der Waals surface area contributed by atoms with Gasteiger partial charge >= 0.3 is 0 Å². The number of aromatic nitrogens is 2. The molecular weight excluding hydrogens is 162 g/mol. The molecule has 1 aromatic carbocycles. The molecule has 0 bridgehead atoms. The molecule has 0 aliphatic rings. The predicted octanol–water partition coefficient (Wildman–Crippen LogP) is 1.72. The summed E-state index contributed by atoms with van der Waals surface area (Å²) in [5, 5.41) is 5.33. The number of nitrogens with zero attached hydrogens (tertiary/aromatic N) is 2. The molecule has 0 amide bonds. The average Bonchev–Trinajstić information content (AvgIpc) is 2.47. The van der Waals surface area contributed by atoms with E-state index in [4.69, 9.17) is 5.73 Å². The molecule has 0 saturated carbocycles. The topological polar surface area (TPSA) is 43.8 Å². The molecule has 0 atom stereocenters. The van der Waals surface area contributed by atoms with Gasteiger partial charge < -0.3 is 5.73 Å². The van der Waals surface area contributed by atoms with Gasteiger partial charge in [-0.15, -0.1) is 0 Å². The third-order valence-electron chi connectivity index (χ3n) is 2.39. The Morgan fingerprint density at radius 3 is 2.92 bits per heavy atom. The molecule has 0 aliphatic carbocycles. The van der Waals surface area contributed by atoms with E-state index in [9.17, 15) is 0 Å². The van der Waals surface area contributed by atoms with Crippen LogP contribution in [0.1, 0.15) is 12.5 Å². The van der Waals surface area contributed by atoms with E-state index >= 15 is 0 Å². The minimum Gasteiger partial charge on any atom is -0.398 e. The fourth-order valence-electron chi connectivity index (χ4n) is 1.57. The van der Waals surface area contributed by atoms with Gasteiger partial charge in [0.25, 0.3) is 0 Å². The number of hydrogen-bond acceptors (Lipinski definition) is 2. The Balaban J connectivity index is 2.76. The van der Waals surface area contributed by atoms with E-state index in [1.54, 1.807) is 0 Å². The molecule has 0 fully saturated rings. The Morgan fingerprint density at radius 1 is 1.46 bits per heavy atom. The minimum atomic E-state index is 0.860. The molecule has 2 rings (SSSR count). The summed E-state index contributed by atoms with van der Waals surface area (Å²) in [4.78, 5) is 0. The third kappa shape index (κ3) is 1.16. The molecule has 3 heteroatoms. The number of rotatable bonds is 1. The highest BCUT2D eigenvalue weighted by Gasteiger charge is 2.03. The quantitative estimate of drug-likeness (QED) is 0.670. The highest BCUT2D eigenvalue weighted by atomic mass is 15.2. The lowest BCUT2D eigenvalue weighted by Gasteiger charge is -2.03. The molecule has 2 aromatic rings. The maximum atomic E-state index is 5.88. The van der Waals surface area contributed by atoms with Crippen molar-refractivity contribution in [3.05, 3.63) is 23.9 Å². The molecule has 2 N–H and O–H groups in total. The van der Waals surface area contributed by atoms with Crippen LogP contribution in [0, 0.1) is 0 Å². The van der Waals surface area contributed by atoms with Crippen molar-refractivity contribution < 1.29 is 0 Å². The van der Waals surface area contributed by atoms with Crippen molar-refractivity contribution in [2.45, 2.75) is 13.3 Å². The van der Waals surface area contributed by atoms with Crippen LogP contribution in [0.15, 0.2) is 18.3 Å². The van der Waals surface area contributed by atoms with Crippen LogP contribution in [-0.2, 0) is 13.5 Å². The highest BCUT2D eigenvalue weighted by molar-refractivity contribution is 5.83. The number of nitrogens with two attached hydrogens (primary N) is 1. The average molecular weight is 175 g/mol. The van der Waals surface area contributed by atoms with Crippen LogP contribution in [0.25, 0.3) is 10.9 Å². The van der Waals surface area contributed by atoms with E-state index < -0.39 is 0 Å². The summed E-state index contributed by atoms with van der Waals surface area (Å²) in [5.41, 5.74) is 9.03. The first-order valence-corrected chi connectivity index (χ1v) is 4.42. The fourth-order valence-corrected chi connectivity index (χ4v) is 1.57. The zero-order valence-corrected chi connectivity index (χ0v) is 7.91. The normalized spacial score (nSPS) is 10.9. The lowest BCUT2D eigenvalue weighted by atomic mass is 10.1. The Labute approximate surface area is 77.2 Å². The van der Waals surface area contributed by atoms with Gasteiger partial charge in [0.2, 0.25) is 0 Å². The fraction of sp³-hybridized carbons (Fsp3) is 0.300. The molecule has 1 heterocycles. The summed E-state index contributed by atoms with van der Waals surface area (Å²) < 4.78 is 1.84. The molecule has 0 radical (unpaired) electrons. The van der Waals surface area contributed by atoms with Crippen LogP contribution in [0.4, 0.5) is 5.69 Å². The van der Waals surface area contributed by atoms with Gasteiger partial charge in [-0.25, -0.2) is 0 Å². The zero-order valence-electron chi connectivity index (χ0n) is 7.91. The van der Waals surface area contributed by atoms with Gasteiger partial charge in [-0.05, 0) is 24.1 Å². The maximum absolute atomic E-state index is 5.88. The van der Waals surface area contributed by atoms with Crippen molar-refractivity contribution in [1.82, 2.24) is 9.78 Å². The van der Waals surface area contributed by atoms with E-state index in [1.807, 2.05) is 24.0 Å². The molecule has 0 unspecified atom stereocenters. The number of anilines is 1. The van der Waals surface area contributed by atoms with E-state index in [2.05, 4.69) is 18.1 Å². The van der Waals surface area contributed by atoms with Gasteiger partial charge in [0.05, 0.1) is 11.7 Å². The van der Waals surface area contributed by atoms with Crippen molar-refractivity contribution in [2.75, 3.05) is 5.73 Å².